The molecular weight excluding hydrogens is 457 g/mol. The van der Waals surface area contributed by atoms with Crippen molar-refractivity contribution >= 4 is 11.4 Å². The van der Waals surface area contributed by atoms with E-state index in [1.807, 2.05) is 26.0 Å². The SMILES string of the molecule is Cc1c(C(=O)Cc2ccc(C3=CCC(C(C)(C)O)CC3)nc2)cnn1-c1ccc(C(F)(F)F)cn1. The van der Waals surface area contributed by atoms with Gasteiger partial charge in [-0.05, 0) is 75.3 Å². The minimum atomic E-state index is -4.47. The number of Topliss-reactive ketones (excluding diaryl/α,β-unsaturated/α-hetero) is 1. The molecule has 1 aliphatic carbocycles. The predicted molar refractivity (Wildman–Crippen MR) is 125 cm³/mol. The molecule has 1 unspecified atom stereocenters. The number of halogens is 3. The van der Waals surface area contributed by atoms with E-state index in [-0.39, 0.29) is 23.9 Å². The van der Waals surface area contributed by atoms with E-state index in [1.165, 1.54) is 16.9 Å². The lowest BCUT2D eigenvalue weighted by Crippen LogP contribution is -2.31. The molecule has 0 radical (unpaired) electrons. The van der Waals surface area contributed by atoms with Crippen LogP contribution in [0.5, 0.6) is 0 Å². The minimum absolute atomic E-state index is 0.125. The number of alkyl halides is 3. The lowest BCUT2D eigenvalue weighted by atomic mass is 9.79. The summed E-state index contributed by atoms with van der Waals surface area (Å²) in [6.45, 7) is 5.36. The second kappa shape index (κ2) is 9.37. The molecular formula is C26H27F3N4O2. The zero-order chi connectivity index (χ0) is 25.4. The van der Waals surface area contributed by atoms with Crippen molar-refractivity contribution in [1.82, 2.24) is 19.7 Å². The number of hydrogen-bond acceptors (Lipinski definition) is 5. The number of carbonyl (C=O) groups excluding carboxylic acids is 1. The van der Waals surface area contributed by atoms with Gasteiger partial charge in [0.2, 0.25) is 0 Å². The number of ketones is 1. The van der Waals surface area contributed by atoms with Gasteiger partial charge in [0.15, 0.2) is 11.6 Å². The molecule has 1 atom stereocenters. The molecule has 0 saturated carbocycles. The number of pyridine rings is 2. The number of allylic oxidation sites excluding steroid dienone is 2. The first kappa shape index (κ1) is 24.8. The fraction of sp³-hybridized carbons (Fsp3) is 0.385. The highest BCUT2D eigenvalue weighted by atomic mass is 19.4. The smallest absolute Gasteiger partial charge is 0.390 e. The summed E-state index contributed by atoms with van der Waals surface area (Å²) in [6, 6.07) is 5.94. The molecule has 0 aliphatic heterocycles. The highest BCUT2D eigenvalue weighted by molar-refractivity contribution is 5.98. The van der Waals surface area contributed by atoms with Crippen LogP contribution in [0.3, 0.4) is 0 Å². The van der Waals surface area contributed by atoms with Crippen molar-refractivity contribution in [2.45, 2.75) is 58.2 Å². The maximum atomic E-state index is 12.9. The molecule has 3 aromatic rings. The van der Waals surface area contributed by atoms with Gasteiger partial charge in [0.25, 0.3) is 0 Å². The van der Waals surface area contributed by atoms with Crippen LogP contribution >= 0.6 is 0 Å². The van der Waals surface area contributed by atoms with Gasteiger partial charge in [-0.3, -0.25) is 9.78 Å². The number of rotatable bonds is 6. The van der Waals surface area contributed by atoms with Crippen molar-refractivity contribution in [2.75, 3.05) is 0 Å². The summed E-state index contributed by atoms with van der Waals surface area (Å²) in [4.78, 5) is 21.3. The second-order valence-electron chi connectivity index (χ2n) is 9.46. The van der Waals surface area contributed by atoms with E-state index >= 15 is 0 Å². The summed E-state index contributed by atoms with van der Waals surface area (Å²) >= 11 is 0. The van der Waals surface area contributed by atoms with Gasteiger partial charge in [-0.1, -0.05) is 12.1 Å². The zero-order valence-electron chi connectivity index (χ0n) is 19.8. The molecule has 3 aromatic heterocycles. The lowest BCUT2D eigenvalue weighted by molar-refractivity contribution is -0.137. The molecule has 3 heterocycles. The lowest BCUT2D eigenvalue weighted by Gasteiger charge is -2.31. The van der Waals surface area contributed by atoms with Crippen LogP contribution in [0.1, 0.15) is 66.0 Å². The molecule has 1 aliphatic rings. The van der Waals surface area contributed by atoms with E-state index in [0.717, 1.165) is 48.4 Å². The molecule has 0 bridgehead atoms. The Bertz CT molecular complexity index is 1240. The Morgan fingerprint density at radius 2 is 1.89 bits per heavy atom. The third-order valence-corrected chi connectivity index (χ3v) is 6.53. The van der Waals surface area contributed by atoms with Crippen molar-refractivity contribution < 1.29 is 23.1 Å². The standard InChI is InChI=1S/C26H27F3N4O2/c1-16-21(15-32-33(16)24-11-9-20(14-31-24)26(27,28)29)23(34)12-17-4-10-22(30-13-17)18-5-7-19(8-6-18)25(2,3)35/h4-5,9-11,13-15,19,35H,6-8,12H2,1-3H3. The number of nitrogens with zero attached hydrogens (tertiary/aromatic N) is 4. The molecule has 0 fully saturated rings. The van der Waals surface area contributed by atoms with Crippen molar-refractivity contribution in [3.05, 3.63) is 77.0 Å². The van der Waals surface area contributed by atoms with E-state index in [1.54, 1.807) is 13.1 Å². The van der Waals surface area contributed by atoms with Gasteiger partial charge in [-0.2, -0.15) is 18.3 Å². The quantitative estimate of drug-likeness (QED) is 0.476. The first-order chi connectivity index (χ1) is 16.4. The number of carbonyl (C=O) groups is 1. The largest absolute Gasteiger partial charge is 0.417 e. The maximum Gasteiger partial charge on any atom is 0.417 e. The summed E-state index contributed by atoms with van der Waals surface area (Å²) < 4.78 is 39.7. The first-order valence-corrected chi connectivity index (χ1v) is 11.4. The van der Waals surface area contributed by atoms with Crippen LogP contribution in [0.25, 0.3) is 11.4 Å². The molecule has 35 heavy (non-hydrogen) atoms. The Kier molecular flexibility index (Phi) is 6.64. The summed E-state index contributed by atoms with van der Waals surface area (Å²) in [5.74, 6) is 0.262. The minimum Gasteiger partial charge on any atom is -0.390 e. The molecule has 9 heteroatoms. The van der Waals surface area contributed by atoms with Crippen LogP contribution < -0.4 is 0 Å². The average Bonchev–Trinajstić information content (AvgIpc) is 3.20. The average molecular weight is 485 g/mol. The van der Waals surface area contributed by atoms with Gasteiger partial charge < -0.3 is 5.11 Å². The fourth-order valence-electron chi connectivity index (χ4n) is 4.30. The maximum absolute atomic E-state index is 12.9. The Labute approximate surface area is 201 Å². The summed E-state index contributed by atoms with van der Waals surface area (Å²) in [6.07, 6.45) is 4.17. The van der Waals surface area contributed by atoms with E-state index in [9.17, 15) is 23.1 Å². The summed E-state index contributed by atoms with van der Waals surface area (Å²) in [5, 5.41) is 14.4. The van der Waals surface area contributed by atoms with Crippen LogP contribution in [0, 0.1) is 12.8 Å². The van der Waals surface area contributed by atoms with Crippen LogP contribution in [-0.4, -0.2) is 36.2 Å². The monoisotopic (exact) mass is 484 g/mol. The van der Waals surface area contributed by atoms with Gasteiger partial charge in [-0.15, -0.1) is 0 Å². The van der Waals surface area contributed by atoms with Crippen LogP contribution in [0.15, 0.2) is 48.9 Å². The van der Waals surface area contributed by atoms with E-state index in [0.29, 0.717) is 11.3 Å². The molecule has 1 N–H and O–H groups in total. The number of aromatic nitrogens is 4. The van der Waals surface area contributed by atoms with Gasteiger partial charge in [0.1, 0.15) is 0 Å². The highest BCUT2D eigenvalue weighted by Gasteiger charge is 2.31. The highest BCUT2D eigenvalue weighted by Crippen LogP contribution is 2.35. The second-order valence-corrected chi connectivity index (χ2v) is 9.46. The van der Waals surface area contributed by atoms with Crippen molar-refractivity contribution in [1.29, 1.82) is 0 Å². The van der Waals surface area contributed by atoms with Crippen molar-refractivity contribution in [3.63, 3.8) is 0 Å². The Morgan fingerprint density at radius 3 is 2.43 bits per heavy atom. The first-order valence-electron chi connectivity index (χ1n) is 11.4. The summed E-state index contributed by atoms with van der Waals surface area (Å²) in [7, 11) is 0. The summed E-state index contributed by atoms with van der Waals surface area (Å²) in [5.41, 5.74) is 2.10. The molecule has 0 amide bonds. The van der Waals surface area contributed by atoms with E-state index in [4.69, 9.17) is 0 Å². The Morgan fingerprint density at radius 1 is 1.11 bits per heavy atom. The van der Waals surface area contributed by atoms with Gasteiger partial charge in [-0.25, -0.2) is 9.67 Å². The Hall–Kier alpha value is -3.33. The molecule has 0 spiro atoms. The van der Waals surface area contributed by atoms with Crippen LogP contribution in [0.4, 0.5) is 13.2 Å². The van der Waals surface area contributed by atoms with E-state index in [2.05, 4.69) is 21.1 Å². The van der Waals surface area contributed by atoms with Crippen LogP contribution in [0.2, 0.25) is 0 Å². The molecule has 4 rings (SSSR count). The fourth-order valence-corrected chi connectivity index (χ4v) is 4.30. The van der Waals surface area contributed by atoms with Crippen molar-refractivity contribution in [2.24, 2.45) is 5.92 Å². The molecule has 0 saturated heterocycles. The molecule has 184 valence electrons. The van der Waals surface area contributed by atoms with Crippen molar-refractivity contribution in [3.8, 4) is 5.82 Å². The zero-order valence-corrected chi connectivity index (χ0v) is 19.8. The normalized spacial score (nSPS) is 16.8. The third-order valence-electron chi connectivity index (χ3n) is 6.53. The van der Waals surface area contributed by atoms with Gasteiger partial charge >= 0.3 is 6.18 Å². The van der Waals surface area contributed by atoms with Gasteiger partial charge in [0, 0.05) is 18.8 Å². The number of hydrogen-bond donors (Lipinski definition) is 1. The predicted octanol–water partition coefficient (Wildman–Crippen LogP) is 5.37. The topological polar surface area (TPSA) is 80.9 Å². The molecule has 6 nitrogen and oxygen atoms in total. The number of aliphatic hydroxyl groups is 1. The third kappa shape index (κ3) is 5.51. The molecule has 0 aromatic carbocycles. The van der Waals surface area contributed by atoms with Crippen LogP contribution in [-0.2, 0) is 12.6 Å². The van der Waals surface area contributed by atoms with Gasteiger partial charge in [0.05, 0.1) is 34.3 Å². The van der Waals surface area contributed by atoms with E-state index < -0.39 is 17.3 Å². The Balaban J connectivity index is 1.43.